The van der Waals surface area contributed by atoms with Crippen LogP contribution >= 0.6 is 0 Å². The molecule has 0 spiro atoms. The highest BCUT2D eigenvalue weighted by Crippen LogP contribution is 2.41. The predicted octanol–water partition coefficient (Wildman–Crippen LogP) is 3.95. The van der Waals surface area contributed by atoms with Crippen LogP contribution in [0.25, 0.3) is 0 Å². The summed E-state index contributed by atoms with van der Waals surface area (Å²) < 4.78 is 27.8. The Labute approximate surface area is 169 Å². The number of sulfonamides is 1. The van der Waals surface area contributed by atoms with Crippen LogP contribution in [0.15, 0.2) is 82.8 Å². The molecule has 1 heterocycles. The molecule has 3 aromatic carbocycles. The van der Waals surface area contributed by atoms with Crippen molar-refractivity contribution < 1.29 is 18.6 Å². The minimum Gasteiger partial charge on any atom is -0.508 e. The van der Waals surface area contributed by atoms with Crippen LogP contribution in [0, 0.1) is 6.92 Å². The fraction of sp³-hybridized carbons (Fsp3) is 0.136. The highest BCUT2D eigenvalue weighted by Gasteiger charge is 2.39. The van der Waals surface area contributed by atoms with Crippen LogP contribution in [-0.4, -0.2) is 28.8 Å². The van der Waals surface area contributed by atoms with Gasteiger partial charge in [0.05, 0.1) is 16.6 Å². The van der Waals surface area contributed by atoms with Crippen LogP contribution in [0.5, 0.6) is 11.5 Å². The Hall–Kier alpha value is -3.32. The molecule has 1 atom stereocenters. The number of aromatic hydroxyl groups is 2. The largest absolute Gasteiger partial charge is 0.508 e. The second-order valence-corrected chi connectivity index (χ2v) is 8.73. The van der Waals surface area contributed by atoms with Gasteiger partial charge in [-0.1, -0.05) is 48.0 Å². The van der Waals surface area contributed by atoms with E-state index >= 15 is 0 Å². The number of hydrogen-bond donors (Lipinski definition) is 2. The number of phenols is 2. The minimum absolute atomic E-state index is 0.00432. The average Bonchev–Trinajstić information content (AvgIpc) is 3.15. The maximum Gasteiger partial charge on any atom is 0.279 e. The number of nitrogens with zero attached hydrogens (tertiary/aromatic N) is 2. The van der Waals surface area contributed by atoms with Gasteiger partial charge in [-0.3, -0.25) is 0 Å². The van der Waals surface area contributed by atoms with Crippen LogP contribution in [0.3, 0.4) is 0 Å². The monoisotopic (exact) mass is 408 g/mol. The number of phenolic OH excluding ortho intramolecular Hbond substituents is 2. The van der Waals surface area contributed by atoms with Crippen molar-refractivity contribution in [2.45, 2.75) is 24.3 Å². The SMILES string of the molecule is Cc1ccc(S(=O)(=O)N2N=C(c3ccccc3O)C[C@H]2c2ccccc2O)cc1. The molecule has 0 bridgehead atoms. The zero-order valence-electron chi connectivity index (χ0n) is 15.7. The number of rotatable bonds is 4. The summed E-state index contributed by atoms with van der Waals surface area (Å²) in [6, 6.07) is 19.1. The van der Waals surface area contributed by atoms with E-state index in [1.54, 1.807) is 60.7 Å². The van der Waals surface area contributed by atoms with Crippen molar-refractivity contribution in [2.75, 3.05) is 0 Å². The van der Waals surface area contributed by atoms with Crippen LogP contribution < -0.4 is 0 Å². The number of hydrazone groups is 1. The molecule has 148 valence electrons. The summed E-state index contributed by atoms with van der Waals surface area (Å²) in [4.78, 5) is 0.116. The fourth-order valence-corrected chi connectivity index (χ4v) is 4.84. The normalized spacial score (nSPS) is 16.7. The molecule has 0 amide bonds. The zero-order chi connectivity index (χ0) is 20.6. The summed E-state index contributed by atoms with van der Waals surface area (Å²) >= 11 is 0. The maximum absolute atomic E-state index is 13.4. The molecular formula is C22H20N2O4S. The molecule has 0 radical (unpaired) electrons. The summed E-state index contributed by atoms with van der Waals surface area (Å²) in [5.74, 6) is 0.0206. The molecule has 29 heavy (non-hydrogen) atoms. The van der Waals surface area contributed by atoms with Gasteiger partial charge in [0, 0.05) is 17.5 Å². The van der Waals surface area contributed by atoms with Crippen LogP contribution in [0.2, 0.25) is 0 Å². The molecule has 6 nitrogen and oxygen atoms in total. The van der Waals surface area contributed by atoms with E-state index in [0.29, 0.717) is 16.8 Å². The van der Waals surface area contributed by atoms with Gasteiger partial charge in [0.25, 0.3) is 10.0 Å². The zero-order valence-corrected chi connectivity index (χ0v) is 16.5. The van der Waals surface area contributed by atoms with E-state index in [4.69, 9.17) is 0 Å². The molecule has 0 saturated carbocycles. The van der Waals surface area contributed by atoms with E-state index < -0.39 is 16.1 Å². The van der Waals surface area contributed by atoms with Crippen molar-refractivity contribution in [2.24, 2.45) is 5.10 Å². The highest BCUT2D eigenvalue weighted by atomic mass is 32.2. The summed E-state index contributed by atoms with van der Waals surface area (Å²) in [7, 11) is -3.97. The first-order valence-corrected chi connectivity index (χ1v) is 10.6. The molecular weight excluding hydrogens is 388 g/mol. The van der Waals surface area contributed by atoms with Crippen LogP contribution in [-0.2, 0) is 10.0 Å². The lowest BCUT2D eigenvalue weighted by atomic mass is 9.98. The van der Waals surface area contributed by atoms with E-state index in [2.05, 4.69) is 5.10 Å². The third-order valence-electron chi connectivity index (χ3n) is 4.95. The number of para-hydroxylation sites is 2. The standard InChI is InChI=1S/C22H20N2O4S/c1-15-10-12-16(13-11-15)29(27,28)24-20(18-7-3-5-9-22(18)26)14-19(23-24)17-6-2-4-8-21(17)25/h2-13,20,25-26H,14H2,1H3/t20-/m0/s1. The molecule has 1 aliphatic heterocycles. The number of aryl methyl sites for hydroxylation is 1. The Bertz CT molecular complexity index is 1190. The van der Waals surface area contributed by atoms with Gasteiger partial charge in [-0.25, -0.2) is 0 Å². The van der Waals surface area contributed by atoms with E-state index in [9.17, 15) is 18.6 Å². The lowest BCUT2D eigenvalue weighted by Crippen LogP contribution is -2.27. The van der Waals surface area contributed by atoms with Crippen molar-refractivity contribution in [3.63, 3.8) is 0 Å². The molecule has 0 unspecified atom stereocenters. The first kappa shape index (κ1) is 19.0. The number of benzene rings is 3. The summed E-state index contributed by atoms with van der Waals surface area (Å²) in [5.41, 5.74) is 2.31. The van der Waals surface area contributed by atoms with Crippen LogP contribution in [0.1, 0.15) is 29.2 Å². The molecule has 3 aromatic rings. The van der Waals surface area contributed by atoms with Crippen molar-refractivity contribution >= 4 is 15.7 Å². The molecule has 7 heteroatoms. The molecule has 1 aliphatic rings. The molecule has 0 aliphatic carbocycles. The lowest BCUT2D eigenvalue weighted by molar-refractivity contribution is 0.358. The van der Waals surface area contributed by atoms with E-state index in [1.807, 2.05) is 6.92 Å². The van der Waals surface area contributed by atoms with E-state index in [-0.39, 0.29) is 22.8 Å². The van der Waals surface area contributed by atoms with Gasteiger partial charge >= 0.3 is 0 Å². The Morgan fingerprint density at radius 3 is 2.17 bits per heavy atom. The maximum atomic E-state index is 13.4. The van der Waals surface area contributed by atoms with Crippen LogP contribution in [0.4, 0.5) is 0 Å². The summed E-state index contributed by atoms with van der Waals surface area (Å²) in [5, 5.41) is 25.0. The minimum atomic E-state index is -3.97. The molecule has 0 aromatic heterocycles. The summed E-state index contributed by atoms with van der Waals surface area (Å²) in [6.45, 7) is 1.88. The van der Waals surface area contributed by atoms with E-state index in [0.717, 1.165) is 9.98 Å². The molecule has 0 saturated heterocycles. The Morgan fingerprint density at radius 2 is 1.52 bits per heavy atom. The average molecular weight is 408 g/mol. The first-order chi connectivity index (χ1) is 13.9. The predicted molar refractivity (Wildman–Crippen MR) is 110 cm³/mol. The second kappa shape index (κ2) is 7.25. The van der Waals surface area contributed by atoms with Gasteiger partial charge in [-0.2, -0.15) is 17.9 Å². The molecule has 2 N–H and O–H groups in total. The Balaban J connectivity index is 1.85. The number of hydrogen-bond acceptors (Lipinski definition) is 5. The van der Waals surface area contributed by atoms with Crippen molar-refractivity contribution in [1.29, 1.82) is 0 Å². The smallest absolute Gasteiger partial charge is 0.279 e. The highest BCUT2D eigenvalue weighted by molar-refractivity contribution is 7.89. The van der Waals surface area contributed by atoms with Gasteiger partial charge in [-0.15, -0.1) is 0 Å². The topological polar surface area (TPSA) is 90.2 Å². The third kappa shape index (κ3) is 3.45. The van der Waals surface area contributed by atoms with Gasteiger partial charge < -0.3 is 10.2 Å². The third-order valence-corrected chi connectivity index (χ3v) is 6.64. The lowest BCUT2D eigenvalue weighted by Gasteiger charge is -2.24. The second-order valence-electron chi connectivity index (χ2n) is 6.93. The van der Waals surface area contributed by atoms with E-state index in [1.165, 1.54) is 12.1 Å². The Morgan fingerprint density at radius 1 is 0.897 bits per heavy atom. The van der Waals surface area contributed by atoms with Gasteiger partial charge in [0.15, 0.2) is 0 Å². The van der Waals surface area contributed by atoms with Gasteiger partial charge in [0.1, 0.15) is 11.5 Å². The quantitative estimate of drug-likeness (QED) is 0.684. The van der Waals surface area contributed by atoms with Gasteiger partial charge in [0.2, 0.25) is 0 Å². The van der Waals surface area contributed by atoms with Crippen molar-refractivity contribution in [3.05, 3.63) is 89.5 Å². The molecule has 4 rings (SSSR count). The van der Waals surface area contributed by atoms with Gasteiger partial charge in [-0.05, 0) is 37.3 Å². The van der Waals surface area contributed by atoms with Crippen molar-refractivity contribution in [3.8, 4) is 11.5 Å². The van der Waals surface area contributed by atoms with Crippen molar-refractivity contribution in [1.82, 2.24) is 4.41 Å². The fourth-order valence-electron chi connectivity index (χ4n) is 3.41. The first-order valence-electron chi connectivity index (χ1n) is 9.13. The summed E-state index contributed by atoms with van der Waals surface area (Å²) in [6.07, 6.45) is 0.222. The Kier molecular flexibility index (Phi) is 4.76. The molecule has 0 fully saturated rings.